The Hall–Kier alpha value is -5.06. The number of hydrogen-bond donors (Lipinski definition) is 2. The third-order valence-corrected chi connectivity index (χ3v) is 5.53. The van der Waals surface area contributed by atoms with E-state index in [2.05, 4.69) is 30.6 Å². The number of aromatic nitrogens is 5. The van der Waals surface area contributed by atoms with Gasteiger partial charge in [0.05, 0.1) is 23.3 Å². The van der Waals surface area contributed by atoms with E-state index >= 15 is 0 Å². The average molecular weight is 515 g/mol. The molecule has 11 heteroatoms. The first-order valence-corrected chi connectivity index (χ1v) is 11.4. The van der Waals surface area contributed by atoms with Gasteiger partial charge in [-0.3, -0.25) is 9.78 Å². The first-order chi connectivity index (χ1) is 18.2. The highest BCUT2D eigenvalue weighted by Gasteiger charge is 2.31. The van der Waals surface area contributed by atoms with E-state index in [0.717, 1.165) is 17.7 Å². The summed E-state index contributed by atoms with van der Waals surface area (Å²) in [6.07, 6.45) is 3.42. The first-order valence-electron chi connectivity index (χ1n) is 11.4. The normalized spacial score (nSPS) is 11.3. The lowest BCUT2D eigenvalue weighted by Gasteiger charge is -2.14. The Balaban J connectivity index is 1.32. The van der Waals surface area contributed by atoms with Crippen molar-refractivity contribution in [2.24, 2.45) is 0 Å². The Labute approximate surface area is 215 Å². The van der Waals surface area contributed by atoms with Crippen molar-refractivity contribution in [3.8, 4) is 16.9 Å². The van der Waals surface area contributed by atoms with Crippen molar-refractivity contribution >= 4 is 23.2 Å². The monoisotopic (exact) mass is 515 g/mol. The number of hydrogen-bond acceptors (Lipinski definition) is 6. The van der Waals surface area contributed by atoms with Gasteiger partial charge in [0.1, 0.15) is 0 Å². The van der Waals surface area contributed by atoms with Crippen LogP contribution in [0.4, 0.5) is 30.5 Å². The van der Waals surface area contributed by atoms with Crippen molar-refractivity contribution in [1.82, 2.24) is 24.5 Å². The molecule has 0 saturated carbocycles. The number of carbonyl (C=O) groups is 1. The Morgan fingerprint density at radius 2 is 1.76 bits per heavy atom. The molecule has 0 bridgehead atoms. The maximum atomic E-state index is 13.5. The van der Waals surface area contributed by atoms with Gasteiger partial charge in [0, 0.05) is 53.0 Å². The zero-order valence-electron chi connectivity index (χ0n) is 19.9. The van der Waals surface area contributed by atoms with Crippen LogP contribution in [-0.2, 0) is 6.18 Å². The maximum absolute atomic E-state index is 13.5. The van der Waals surface area contributed by atoms with Crippen LogP contribution in [0.25, 0.3) is 16.9 Å². The van der Waals surface area contributed by atoms with E-state index in [1.54, 1.807) is 62.0 Å². The zero-order chi connectivity index (χ0) is 26.7. The first kappa shape index (κ1) is 24.6. The molecule has 0 fully saturated rings. The van der Waals surface area contributed by atoms with Crippen LogP contribution < -0.4 is 10.6 Å². The van der Waals surface area contributed by atoms with Gasteiger partial charge in [-0.25, -0.2) is 15.0 Å². The Morgan fingerprint density at radius 1 is 0.947 bits per heavy atom. The SMILES string of the molecule is Cc1cn(-c2cc(NC(=O)c3ccc(Nc4nccc(-c5cccnc5)n4)cc3)cc(C(F)(F)F)c2)cn1. The van der Waals surface area contributed by atoms with Gasteiger partial charge in [0.2, 0.25) is 5.95 Å². The van der Waals surface area contributed by atoms with Crippen molar-refractivity contribution in [2.45, 2.75) is 13.1 Å². The number of nitrogens with zero attached hydrogens (tertiary/aromatic N) is 5. The molecule has 0 radical (unpaired) electrons. The summed E-state index contributed by atoms with van der Waals surface area (Å²) in [6, 6.07) is 15.2. The van der Waals surface area contributed by atoms with Crippen molar-refractivity contribution in [3.05, 3.63) is 109 Å². The van der Waals surface area contributed by atoms with E-state index < -0.39 is 17.6 Å². The molecule has 0 unspecified atom stereocenters. The maximum Gasteiger partial charge on any atom is 0.416 e. The van der Waals surface area contributed by atoms with Crippen LogP contribution in [0.1, 0.15) is 21.6 Å². The lowest BCUT2D eigenvalue weighted by Crippen LogP contribution is -2.14. The van der Waals surface area contributed by atoms with E-state index in [1.807, 2.05) is 12.1 Å². The van der Waals surface area contributed by atoms with Gasteiger partial charge in [0.25, 0.3) is 5.91 Å². The number of nitrogens with one attached hydrogen (secondary N) is 2. The molecule has 0 aliphatic heterocycles. The summed E-state index contributed by atoms with van der Waals surface area (Å²) in [6.45, 7) is 1.73. The second-order valence-electron chi connectivity index (χ2n) is 8.35. The van der Waals surface area contributed by atoms with Gasteiger partial charge in [-0.05, 0) is 67.6 Å². The summed E-state index contributed by atoms with van der Waals surface area (Å²) >= 11 is 0. The van der Waals surface area contributed by atoms with Gasteiger partial charge in [0.15, 0.2) is 0 Å². The molecule has 0 aliphatic rings. The van der Waals surface area contributed by atoms with Gasteiger partial charge < -0.3 is 15.2 Å². The third kappa shape index (κ3) is 5.67. The molecule has 0 atom stereocenters. The molecular weight excluding hydrogens is 495 g/mol. The summed E-state index contributed by atoms with van der Waals surface area (Å²) in [5, 5.41) is 5.63. The van der Waals surface area contributed by atoms with Crippen LogP contribution in [-0.4, -0.2) is 30.4 Å². The summed E-state index contributed by atoms with van der Waals surface area (Å²) in [5.74, 6) is -0.201. The number of aryl methyl sites for hydroxylation is 1. The lowest BCUT2D eigenvalue weighted by molar-refractivity contribution is -0.137. The fraction of sp³-hybridized carbons (Fsp3) is 0.0741. The summed E-state index contributed by atoms with van der Waals surface area (Å²) < 4.78 is 42.0. The number of imidazole rings is 1. The molecule has 8 nitrogen and oxygen atoms in total. The standard InChI is InChI=1S/C27H20F3N7O/c1-17-15-37(16-33-17)23-12-20(27(28,29)30)11-22(13-23)34-25(38)18-4-6-21(7-5-18)35-26-32-10-8-24(36-26)19-3-2-9-31-14-19/h2-16H,1H3,(H,34,38)(H,32,35,36). The molecule has 0 saturated heterocycles. The number of benzene rings is 2. The van der Waals surface area contributed by atoms with Crippen LogP contribution in [0.3, 0.4) is 0 Å². The van der Waals surface area contributed by atoms with Crippen molar-refractivity contribution in [2.75, 3.05) is 10.6 Å². The molecule has 38 heavy (non-hydrogen) atoms. The van der Waals surface area contributed by atoms with Gasteiger partial charge in [-0.2, -0.15) is 13.2 Å². The van der Waals surface area contributed by atoms with Crippen molar-refractivity contribution < 1.29 is 18.0 Å². The van der Waals surface area contributed by atoms with Gasteiger partial charge in [-0.15, -0.1) is 0 Å². The number of rotatable bonds is 6. The highest BCUT2D eigenvalue weighted by Crippen LogP contribution is 2.33. The molecule has 1 amide bonds. The van der Waals surface area contributed by atoms with E-state index in [9.17, 15) is 18.0 Å². The van der Waals surface area contributed by atoms with E-state index in [-0.39, 0.29) is 16.9 Å². The largest absolute Gasteiger partial charge is 0.416 e. The molecule has 0 spiro atoms. The van der Waals surface area contributed by atoms with Crippen LogP contribution in [0.2, 0.25) is 0 Å². The Bertz CT molecular complexity index is 1580. The molecule has 2 N–H and O–H groups in total. The summed E-state index contributed by atoms with van der Waals surface area (Å²) in [5.41, 5.74) is 2.42. The van der Waals surface area contributed by atoms with E-state index in [4.69, 9.17) is 0 Å². The van der Waals surface area contributed by atoms with Gasteiger partial charge >= 0.3 is 6.18 Å². The molecule has 2 aromatic carbocycles. The van der Waals surface area contributed by atoms with Crippen molar-refractivity contribution in [1.29, 1.82) is 0 Å². The minimum Gasteiger partial charge on any atom is -0.324 e. The number of pyridine rings is 1. The summed E-state index contributed by atoms with van der Waals surface area (Å²) in [4.78, 5) is 29.7. The smallest absolute Gasteiger partial charge is 0.324 e. The molecule has 5 aromatic rings. The molecule has 3 aromatic heterocycles. The zero-order valence-corrected chi connectivity index (χ0v) is 19.9. The fourth-order valence-electron chi connectivity index (χ4n) is 3.69. The second kappa shape index (κ2) is 10.1. The minimum atomic E-state index is -4.59. The molecule has 190 valence electrons. The fourth-order valence-corrected chi connectivity index (χ4v) is 3.69. The average Bonchev–Trinajstić information content (AvgIpc) is 3.35. The quantitative estimate of drug-likeness (QED) is 0.286. The topological polar surface area (TPSA) is 97.6 Å². The highest BCUT2D eigenvalue weighted by atomic mass is 19.4. The van der Waals surface area contributed by atoms with Crippen LogP contribution >= 0.6 is 0 Å². The molecular formula is C27H20F3N7O. The number of alkyl halides is 3. The minimum absolute atomic E-state index is 0.00833. The van der Waals surface area contributed by atoms with Crippen LogP contribution in [0.15, 0.2) is 91.8 Å². The van der Waals surface area contributed by atoms with Crippen LogP contribution in [0.5, 0.6) is 0 Å². The second-order valence-corrected chi connectivity index (χ2v) is 8.35. The molecule has 0 aliphatic carbocycles. The predicted octanol–water partition coefficient (Wildman–Crippen LogP) is 6.05. The highest BCUT2D eigenvalue weighted by molar-refractivity contribution is 6.04. The van der Waals surface area contributed by atoms with Gasteiger partial charge in [-0.1, -0.05) is 0 Å². The lowest BCUT2D eigenvalue weighted by atomic mass is 10.1. The molecule has 3 heterocycles. The molecule has 5 rings (SSSR count). The number of halogens is 3. The third-order valence-electron chi connectivity index (χ3n) is 5.53. The number of amides is 1. The Morgan fingerprint density at radius 3 is 2.45 bits per heavy atom. The number of carbonyl (C=O) groups excluding carboxylic acids is 1. The summed E-state index contributed by atoms with van der Waals surface area (Å²) in [7, 11) is 0. The predicted molar refractivity (Wildman–Crippen MR) is 136 cm³/mol. The van der Waals surface area contributed by atoms with E-state index in [0.29, 0.717) is 23.0 Å². The van der Waals surface area contributed by atoms with Crippen molar-refractivity contribution in [3.63, 3.8) is 0 Å². The Kier molecular flexibility index (Phi) is 6.56. The van der Waals surface area contributed by atoms with E-state index in [1.165, 1.54) is 17.0 Å². The van der Waals surface area contributed by atoms with Crippen LogP contribution in [0, 0.1) is 6.92 Å². The number of anilines is 3.